The number of esters is 1. The minimum absolute atomic E-state index is 0.161. The van der Waals surface area contributed by atoms with Crippen molar-refractivity contribution in [2.24, 2.45) is 0 Å². The number of halogens is 5. The molecule has 0 saturated carbocycles. The minimum Gasteiger partial charge on any atom is -0.496 e. The highest BCUT2D eigenvalue weighted by Gasteiger charge is 2.45. The maximum Gasteiger partial charge on any atom is 0.332 e. The van der Waals surface area contributed by atoms with Crippen molar-refractivity contribution in [3.05, 3.63) is 44.4 Å². The van der Waals surface area contributed by atoms with E-state index in [1.165, 1.54) is 19.2 Å². The summed E-state index contributed by atoms with van der Waals surface area (Å²) in [6, 6.07) is 4.51. The van der Waals surface area contributed by atoms with Crippen molar-refractivity contribution in [2.75, 3.05) is 20.8 Å². The molecule has 0 bridgehead atoms. The van der Waals surface area contributed by atoms with Crippen molar-refractivity contribution in [1.82, 2.24) is 5.32 Å². The molecule has 0 fully saturated rings. The first-order chi connectivity index (χ1) is 12.2. The lowest BCUT2D eigenvalue weighted by Crippen LogP contribution is -2.47. The van der Waals surface area contributed by atoms with E-state index in [0.29, 0.717) is 10.2 Å². The molecule has 0 aliphatic carbocycles. The zero-order valence-electron chi connectivity index (χ0n) is 13.4. The van der Waals surface area contributed by atoms with Crippen LogP contribution in [0.5, 0.6) is 11.5 Å². The topological polar surface area (TPSA) is 66.0 Å². The third kappa shape index (κ3) is 4.40. The van der Waals surface area contributed by atoms with E-state index in [-0.39, 0.29) is 5.75 Å². The van der Waals surface area contributed by atoms with Crippen LogP contribution in [0.4, 0.5) is 8.78 Å². The number of nitrogens with one attached hydrogen (secondary N) is 1. The van der Waals surface area contributed by atoms with Crippen molar-refractivity contribution in [1.29, 1.82) is 0 Å². The standard InChI is InChI=1S/C15H12BrCl2F2NO5/c1-23-9-4-3-7(5-8(9)16)26-12-11(17)14(19)21-15(20,13(12)18)25-6-10(22)24-2/h3-5,21H,6H2,1-2H3. The van der Waals surface area contributed by atoms with Gasteiger partial charge in [-0.3, -0.25) is 0 Å². The highest BCUT2D eigenvalue weighted by atomic mass is 79.9. The number of hydrogen-bond donors (Lipinski definition) is 1. The van der Waals surface area contributed by atoms with Crippen LogP contribution in [0.15, 0.2) is 44.4 Å². The first kappa shape index (κ1) is 20.8. The van der Waals surface area contributed by atoms with Gasteiger partial charge in [0.05, 0.1) is 18.7 Å². The number of ether oxygens (including phenoxy) is 4. The molecule has 1 aliphatic heterocycles. The van der Waals surface area contributed by atoms with E-state index >= 15 is 0 Å². The third-order valence-corrected chi connectivity index (χ3v) is 4.48. The lowest BCUT2D eigenvalue weighted by molar-refractivity contribution is -0.170. The zero-order valence-corrected chi connectivity index (χ0v) is 16.5. The van der Waals surface area contributed by atoms with E-state index in [9.17, 15) is 13.6 Å². The zero-order chi connectivity index (χ0) is 19.5. The van der Waals surface area contributed by atoms with Gasteiger partial charge in [-0.05, 0) is 34.1 Å². The number of rotatable bonds is 6. The number of hydrogen-bond acceptors (Lipinski definition) is 6. The second kappa shape index (κ2) is 8.43. The maximum atomic E-state index is 14.9. The number of benzene rings is 1. The predicted molar refractivity (Wildman–Crippen MR) is 93.1 cm³/mol. The Kier molecular flexibility index (Phi) is 6.73. The van der Waals surface area contributed by atoms with Gasteiger partial charge in [0, 0.05) is 0 Å². The van der Waals surface area contributed by atoms with Gasteiger partial charge in [-0.2, -0.15) is 8.78 Å². The molecule has 2 rings (SSSR count). The third-order valence-electron chi connectivity index (χ3n) is 3.10. The molecule has 142 valence electrons. The van der Waals surface area contributed by atoms with Crippen LogP contribution >= 0.6 is 39.1 Å². The summed E-state index contributed by atoms with van der Waals surface area (Å²) in [6.07, 6.45) is 0. The number of methoxy groups -OCH3 is 2. The molecule has 1 unspecified atom stereocenters. The Morgan fingerprint density at radius 2 is 2.04 bits per heavy atom. The Hall–Kier alpha value is -1.55. The van der Waals surface area contributed by atoms with Gasteiger partial charge in [-0.1, -0.05) is 23.2 Å². The van der Waals surface area contributed by atoms with Crippen LogP contribution in [0.2, 0.25) is 0 Å². The first-order valence-corrected chi connectivity index (χ1v) is 8.42. The molecule has 1 aliphatic rings. The summed E-state index contributed by atoms with van der Waals surface area (Å²) in [5, 5.41) is 0.366. The number of carbonyl (C=O) groups is 1. The van der Waals surface area contributed by atoms with Crippen molar-refractivity contribution < 1.29 is 32.5 Å². The summed E-state index contributed by atoms with van der Waals surface area (Å²) in [5.74, 6) is -5.10. The van der Waals surface area contributed by atoms with E-state index in [1.807, 2.05) is 0 Å². The SMILES string of the molecule is COC(=O)COC1(F)NC(F)=C(Cl)C(Oc2ccc(OC)c(Br)c2)=C1Cl. The Labute approximate surface area is 165 Å². The van der Waals surface area contributed by atoms with Crippen LogP contribution in [0.1, 0.15) is 0 Å². The van der Waals surface area contributed by atoms with Gasteiger partial charge in [-0.15, -0.1) is 0 Å². The van der Waals surface area contributed by atoms with Gasteiger partial charge in [0.25, 0.3) is 0 Å². The maximum absolute atomic E-state index is 14.9. The highest BCUT2D eigenvalue weighted by Crippen LogP contribution is 2.40. The second-order valence-corrected chi connectivity index (χ2v) is 6.36. The minimum atomic E-state index is -3.07. The molecule has 1 aromatic carbocycles. The Morgan fingerprint density at radius 1 is 1.35 bits per heavy atom. The molecule has 1 aromatic rings. The summed E-state index contributed by atoms with van der Waals surface area (Å²) < 4.78 is 48.9. The van der Waals surface area contributed by atoms with Gasteiger partial charge >= 0.3 is 11.9 Å². The van der Waals surface area contributed by atoms with Crippen molar-refractivity contribution >= 4 is 45.1 Å². The van der Waals surface area contributed by atoms with Gasteiger partial charge in [-0.25, -0.2) is 4.79 Å². The monoisotopic (exact) mass is 473 g/mol. The molecule has 0 spiro atoms. The molecule has 1 N–H and O–H groups in total. The van der Waals surface area contributed by atoms with Crippen LogP contribution in [0.25, 0.3) is 0 Å². The lowest BCUT2D eigenvalue weighted by atomic mass is 10.2. The van der Waals surface area contributed by atoms with E-state index in [1.54, 1.807) is 11.4 Å². The number of carbonyl (C=O) groups excluding carboxylic acids is 1. The summed E-state index contributed by atoms with van der Waals surface area (Å²) in [4.78, 5) is 11.1. The molecule has 0 saturated heterocycles. The first-order valence-electron chi connectivity index (χ1n) is 6.87. The molecular weight excluding hydrogens is 463 g/mol. The van der Waals surface area contributed by atoms with E-state index in [2.05, 4.69) is 20.7 Å². The average Bonchev–Trinajstić information content (AvgIpc) is 2.62. The smallest absolute Gasteiger partial charge is 0.332 e. The second-order valence-electron chi connectivity index (χ2n) is 4.75. The lowest BCUT2D eigenvalue weighted by Gasteiger charge is -2.30. The average molecular weight is 475 g/mol. The quantitative estimate of drug-likeness (QED) is 0.495. The molecule has 0 amide bonds. The van der Waals surface area contributed by atoms with Crippen molar-refractivity contribution in [3.63, 3.8) is 0 Å². The van der Waals surface area contributed by atoms with Crippen LogP contribution < -0.4 is 14.8 Å². The van der Waals surface area contributed by atoms with Crippen LogP contribution in [0, 0.1) is 0 Å². The Morgan fingerprint density at radius 3 is 2.62 bits per heavy atom. The fourth-order valence-corrected chi connectivity index (χ4v) is 2.81. The van der Waals surface area contributed by atoms with Crippen LogP contribution in [-0.4, -0.2) is 32.8 Å². The molecule has 1 heterocycles. The molecular formula is C15H12BrCl2F2NO5. The Balaban J connectivity index is 2.34. The summed E-state index contributed by atoms with van der Waals surface area (Å²) in [6.45, 7) is -0.831. The van der Waals surface area contributed by atoms with E-state index < -0.39 is 40.3 Å². The van der Waals surface area contributed by atoms with Crippen molar-refractivity contribution in [2.45, 2.75) is 5.98 Å². The molecule has 11 heteroatoms. The molecule has 26 heavy (non-hydrogen) atoms. The number of allylic oxidation sites excluding steroid dienone is 1. The van der Waals surface area contributed by atoms with Crippen molar-refractivity contribution in [3.8, 4) is 11.5 Å². The predicted octanol–water partition coefficient (Wildman–Crippen LogP) is 4.08. The normalized spacial score (nSPS) is 20.0. The van der Waals surface area contributed by atoms with E-state index in [0.717, 1.165) is 7.11 Å². The number of dihydropyridines is 1. The van der Waals surface area contributed by atoms with E-state index in [4.69, 9.17) is 37.4 Å². The van der Waals surface area contributed by atoms with Gasteiger partial charge in [0.2, 0.25) is 5.95 Å². The van der Waals surface area contributed by atoms with Gasteiger partial charge in [0.1, 0.15) is 21.6 Å². The summed E-state index contributed by atoms with van der Waals surface area (Å²) in [5.41, 5.74) is 0. The fraction of sp³-hybridized carbons (Fsp3) is 0.267. The number of alkyl halides is 1. The Bertz CT molecular complexity index is 789. The highest BCUT2D eigenvalue weighted by molar-refractivity contribution is 9.10. The molecule has 0 aromatic heterocycles. The van der Waals surface area contributed by atoms with Crippen LogP contribution in [-0.2, 0) is 14.3 Å². The summed E-state index contributed by atoms with van der Waals surface area (Å²) >= 11 is 15.0. The molecule has 1 atom stereocenters. The van der Waals surface area contributed by atoms with Crippen LogP contribution in [0.3, 0.4) is 0 Å². The van der Waals surface area contributed by atoms with Gasteiger partial charge in [0.15, 0.2) is 12.4 Å². The largest absolute Gasteiger partial charge is 0.496 e. The molecule has 6 nitrogen and oxygen atoms in total. The fourth-order valence-electron chi connectivity index (χ4n) is 1.83. The van der Waals surface area contributed by atoms with Gasteiger partial charge < -0.3 is 24.3 Å². The molecule has 0 radical (unpaired) electrons. The summed E-state index contributed by atoms with van der Waals surface area (Å²) in [7, 11) is 2.55.